The molecule has 0 spiro atoms. The highest BCUT2D eigenvalue weighted by molar-refractivity contribution is 6.09. The zero-order valence-electron chi connectivity index (χ0n) is 10.5. The molecule has 0 saturated heterocycles. The summed E-state index contributed by atoms with van der Waals surface area (Å²) in [5.41, 5.74) is 12.5. The van der Waals surface area contributed by atoms with E-state index in [0.717, 1.165) is 0 Å². The molecule has 0 saturated carbocycles. The standard InChI is InChI=1S/C13H12N6O/c14-4-9(5-18-10-6-16-8-17-7-10)11-2-1-3-12(19-11)13(15)20/h1-8H,14H2,(H2,15,20). The van der Waals surface area contributed by atoms with E-state index in [4.69, 9.17) is 11.5 Å². The Labute approximate surface area is 115 Å². The molecule has 0 aliphatic rings. The van der Waals surface area contributed by atoms with E-state index in [0.29, 0.717) is 17.0 Å². The first-order valence-electron chi connectivity index (χ1n) is 5.69. The molecule has 1 amide bonds. The molecule has 20 heavy (non-hydrogen) atoms. The summed E-state index contributed by atoms with van der Waals surface area (Å²) in [6.07, 6.45) is 7.40. The van der Waals surface area contributed by atoms with E-state index in [1.165, 1.54) is 24.8 Å². The highest BCUT2D eigenvalue weighted by atomic mass is 16.1. The van der Waals surface area contributed by atoms with Crippen molar-refractivity contribution < 1.29 is 4.79 Å². The van der Waals surface area contributed by atoms with E-state index in [1.54, 1.807) is 24.5 Å². The van der Waals surface area contributed by atoms with Gasteiger partial charge in [0, 0.05) is 18.0 Å². The topological polar surface area (TPSA) is 120 Å². The molecule has 100 valence electrons. The smallest absolute Gasteiger partial charge is 0.267 e. The van der Waals surface area contributed by atoms with Crippen molar-refractivity contribution in [3.05, 3.63) is 54.5 Å². The van der Waals surface area contributed by atoms with Crippen LogP contribution in [0.25, 0.3) is 5.57 Å². The molecule has 0 aliphatic carbocycles. The lowest BCUT2D eigenvalue weighted by Crippen LogP contribution is -2.13. The second-order valence-electron chi connectivity index (χ2n) is 3.75. The molecule has 2 aromatic rings. The van der Waals surface area contributed by atoms with Crippen molar-refractivity contribution in [3.8, 4) is 0 Å². The number of nitrogens with two attached hydrogens (primary N) is 2. The number of amides is 1. The summed E-state index contributed by atoms with van der Waals surface area (Å²) in [4.78, 5) is 27.1. The molecule has 0 aliphatic heterocycles. The zero-order chi connectivity index (χ0) is 14.4. The number of carbonyl (C=O) groups is 1. The molecule has 0 radical (unpaired) electrons. The molecule has 4 N–H and O–H groups in total. The van der Waals surface area contributed by atoms with Gasteiger partial charge in [0.15, 0.2) is 0 Å². The van der Waals surface area contributed by atoms with Gasteiger partial charge >= 0.3 is 0 Å². The predicted octanol–water partition coefficient (Wildman–Crippen LogP) is 0.673. The van der Waals surface area contributed by atoms with E-state index in [1.807, 2.05) is 0 Å². The maximum atomic E-state index is 11.1. The normalized spacial score (nSPS) is 11.7. The van der Waals surface area contributed by atoms with Gasteiger partial charge in [-0.25, -0.2) is 15.0 Å². The Hall–Kier alpha value is -3.09. The van der Waals surface area contributed by atoms with Crippen LogP contribution in [0.5, 0.6) is 0 Å². The van der Waals surface area contributed by atoms with Crippen LogP contribution in [-0.4, -0.2) is 27.1 Å². The number of nitrogens with zero attached hydrogens (tertiary/aromatic N) is 4. The fourth-order valence-electron chi connectivity index (χ4n) is 1.43. The highest BCUT2D eigenvalue weighted by Gasteiger charge is 2.05. The van der Waals surface area contributed by atoms with Crippen LogP contribution in [0.15, 0.2) is 48.1 Å². The quantitative estimate of drug-likeness (QED) is 0.789. The summed E-state index contributed by atoms with van der Waals surface area (Å²) >= 11 is 0. The van der Waals surface area contributed by atoms with E-state index < -0.39 is 5.91 Å². The average Bonchev–Trinajstić information content (AvgIpc) is 2.49. The van der Waals surface area contributed by atoms with E-state index in [2.05, 4.69) is 19.9 Å². The Bertz CT molecular complexity index is 666. The highest BCUT2D eigenvalue weighted by Crippen LogP contribution is 2.12. The molecular formula is C13H12N6O. The third-order valence-corrected chi connectivity index (χ3v) is 2.38. The largest absolute Gasteiger partial charge is 0.404 e. The predicted molar refractivity (Wildman–Crippen MR) is 75.1 cm³/mol. The fraction of sp³-hybridized carbons (Fsp3) is 0. The van der Waals surface area contributed by atoms with E-state index >= 15 is 0 Å². The monoisotopic (exact) mass is 268 g/mol. The van der Waals surface area contributed by atoms with Crippen molar-refractivity contribution in [1.82, 2.24) is 15.0 Å². The third-order valence-electron chi connectivity index (χ3n) is 2.38. The molecule has 0 fully saturated rings. The summed E-state index contributed by atoms with van der Waals surface area (Å²) in [6.45, 7) is 0. The Morgan fingerprint density at radius 3 is 2.55 bits per heavy atom. The van der Waals surface area contributed by atoms with Crippen LogP contribution in [-0.2, 0) is 0 Å². The summed E-state index contributed by atoms with van der Waals surface area (Å²) < 4.78 is 0. The number of carbonyl (C=O) groups excluding carboxylic acids is 1. The number of pyridine rings is 1. The minimum atomic E-state index is -0.600. The van der Waals surface area contributed by atoms with Crippen molar-refractivity contribution >= 4 is 23.4 Å². The van der Waals surface area contributed by atoms with Crippen molar-refractivity contribution in [2.24, 2.45) is 16.5 Å². The average molecular weight is 268 g/mol. The number of primary amides is 1. The minimum Gasteiger partial charge on any atom is -0.404 e. The van der Waals surface area contributed by atoms with Gasteiger partial charge in [-0.05, 0) is 12.1 Å². The number of hydrogen-bond acceptors (Lipinski definition) is 6. The van der Waals surface area contributed by atoms with Crippen LogP contribution in [0.3, 0.4) is 0 Å². The molecule has 2 heterocycles. The molecular weight excluding hydrogens is 256 g/mol. The molecule has 7 heteroatoms. The Morgan fingerprint density at radius 2 is 1.90 bits per heavy atom. The van der Waals surface area contributed by atoms with Crippen LogP contribution in [0.4, 0.5) is 5.69 Å². The van der Waals surface area contributed by atoms with Crippen LogP contribution in [0.2, 0.25) is 0 Å². The van der Waals surface area contributed by atoms with Crippen LogP contribution < -0.4 is 11.5 Å². The lowest BCUT2D eigenvalue weighted by molar-refractivity contribution is 0.0995. The van der Waals surface area contributed by atoms with Gasteiger partial charge in [-0.2, -0.15) is 0 Å². The lowest BCUT2D eigenvalue weighted by atomic mass is 10.2. The van der Waals surface area contributed by atoms with Gasteiger partial charge in [-0.15, -0.1) is 0 Å². The molecule has 0 atom stereocenters. The van der Waals surface area contributed by atoms with E-state index in [-0.39, 0.29) is 5.69 Å². The van der Waals surface area contributed by atoms with Crippen LogP contribution in [0.1, 0.15) is 16.2 Å². The number of rotatable bonds is 4. The molecule has 7 nitrogen and oxygen atoms in total. The van der Waals surface area contributed by atoms with Crippen LogP contribution in [0, 0.1) is 0 Å². The summed E-state index contributed by atoms with van der Waals surface area (Å²) in [6, 6.07) is 4.91. The molecule has 0 bridgehead atoms. The maximum Gasteiger partial charge on any atom is 0.267 e. The van der Waals surface area contributed by atoms with E-state index in [9.17, 15) is 4.79 Å². The number of allylic oxidation sites excluding steroid dienone is 1. The minimum absolute atomic E-state index is 0.165. The Kier molecular flexibility index (Phi) is 4.13. The van der Waals surface area contributed by atoms with Crippen molar-refractivity contribution in [1.29, 1.82) is 0 Å². The lowest BCUT2D eigenvalue weighted by Gasteiger charge is -2.02. The van der Waals surface area contributed by atoms with Crippen molar-refractivity contribution in [3.63, 3.8) is 0 Å². The van der Waals surface area contributed by atoms with Crippen LogP contribution >= 0.6 is 0 Å². The number of aliphatic imine (C=N–C) groups is 1. The van der Waals surface area contributed by atoms with Gasteiger partial charge in [-0.3, -0.25) is 9.79 Å². The van der Waals surface area contributed by atoms with Crippen molar-refractivity contribution in [2.45, 2.75) is 0 Å². The number of aromatic nitrogens is 3. The van der Waals surface area contributed by atoms with Gasteiger partial charge in [0.05, 0.1) is 23.8 Å². The summed E-state index contributed by atoms with van der Waals surface area (Å²) in [5, 5.41) is 0. The second-order valence-corrected chi connectivity index (χ2v) is 3.75. The zero-order valence-corrected chi connectivity index (χ0v) is 10.5. The molecule has 0 aromatic carbocycles. The van der Waals surface area contributed by atoms with Gasteiger partial charge in [0.25, 0.3) is 5.91 Å². The third kappa shape index (κ3) is 3.22. The summed E-state index contributed by atoms with van der Waals surface area (Å²) in [5.74, 6) is -0.600. The second kappa shape index (κ2) is 6.19. The first kappa shape index (κ1) is 13.3. The first-order chi connectivity index (χ1) is 9.70. The van der Waals surface area contributed by atoms with Gasteiger partial charge in [-0.1, -0.05) is 6.07 Å². The Balaban J connectivity index is 2.28. The molecule has 2 aromatic heterocycles. The first-order valence-corrected chi connectivity index (χ1v) is 5.69. The van der Waals surface area contributed by atoms with Gasteiger partial charge in [0.2, 0.25) is 0 Å². The Morgan fingerprint density at radius 1 is 1.20 bits per heavy atom. The van der Waals surface area contributed by atoms with Gasteiger partial charge < -0.3 is 11.5 Å². The molecule has 0 unspecified atom stereocenters. The maximum absolute atomic E-state index is 11.1. The number of hydrogen-bond donors (Lipinski definition) is 2. The summed E-state index contributed by atoms with van der Waals surface area (Å²) in [7, 11) is 0. The fourth-order valence-corrected chi connectivity index (χ4v) is 1.43. The molecule has 2 rings (SSSR count). The van der Waals surface area contributed by atoms with Gasteiger partial charge in [0.1, 0.15) is 12.0 Å². The van der Waals surface area contributed by atoms with Crippen molar-refractivity contribution in [2.75, 3.05) is 0 Å². The SMILES string of the molecule is NC=C(C=Nc1cncnc1)c1cccc(C(N)=O)n1.